The third kappa shape index (κ3) is 3.44. The van der Waals surface area contributed by atoms with Crippen molar-refractivity contribution < 1.29 is 29.3 Å². The first-order valence-electron chi connectivity index (χ1n) is 11.6. The highest BCUT2D eigenvalue weighted by Gasteiger charge is 2.73. The van der Waals surface area contributed by atoms with Gasteiger partial charge < -0.3 is 42.0 Å². The van der Waals surface area contributed by atoms with Crippen LogP contribution in [0.25, 0.3) is 0 Å². The second kappa shape index (κ2) is 8.34. The van der Waals surface area contributed by atoms with E-state index < -0.39 is 35.5 Å². The Morgan fingerprint density at radius 1 is 1.25 bits per heavy atom. The maximum Gasteiger partial charge on any atom is 0.251 e. The van der Waals surface area contributed by atoms with E-state index >= 15 is 0 Å². The predicted octanol–water partition coefficient (Wildman–Crippen LogP) is -2.99. The molecule has 1 aromatic rings. The number of guanidine groups is 2. The van der Waals surface area contributed by atoms with Gasteiger partial charge in [-0.15, -0.1) is 0 Å². The summed E-state index contributed by atoms with van der Waals surface area (Å²) >= 11 is 0. The number of imide groups is 1. The molecule has 4 atom stereocenters. The van der Waals surface area contributed by atoms with Crippen LogP contribution in [0.15, 0.2) is 34.3 Å². The van der Waals surface area contributed by atoms with Crippen molar-refractivity contribution in [3.63, 3.8) is 0 Å². The monoisotopic (exact) mass is 500 g/mol. The number of aliphatic imine (C=N–C) groups is 2. The fraction of sp³-hybridized carbons (Fsp3) is 0.500. The zero-order valence-corrected chi connectivity index (χ0v) is 19.5. The van der Waals surface area contributed by atoms with Gasteiger partial charge in [0, 0.05) is 24.9 Å². The van der Waals surface area contributed by atoms with Gasteiger partial charge in [0.1, 0.15) is 17.8 Å². The molecule has 2 unspecified atom stereocenters. The first kappa shape index (κ1) is 23.8. The van der Waals surface area contributed by atoms with Crippen LogP contribution in [-0.4, -0.2) is 98.9 Å². The Hall–Kier alpha value is -3.91. The van der Waals surface area contributed by atoms with Gasteiger partial charge in [-0.25, -0.2) is 9.98 Å². The Labute approximate surface area is 206 Å². The molecule has 2 saturated heterocycles. The van der Waals surface area contributed by atoms with Crippen molar-refractivity contribution in [3.8, 4) is 5.75 Å². The summed E-state index contributed by atoms with van der Waals surface area (Å²) in [5.74, 6) is -3.56. The SMILES string of the molecule is CCOc1cccc(C(=O)NC2CN3C(N)=NC(CN4C(=O)CCC4=O)[C@@H]4N=C(N)N[C@@]43C2(O)O)c1. The second-order valence-corrected chi connectivity index (χ2v) is 9.13. The zero-order chi connectivity index (χ0) is 25.8. The third-order valence-corrected chi connectivity index (χ3v) is 7.04. The molecule has 14 nitrogen and oxygen atoms in total. The lowest BCUT2D eigenvalue weighted by Crippen LogP contribution is -2.78. The number of ether oxygens (including phenoxy) is 1. The van der Waals surface area contributed by atoms with Crippen LogP contribution in [-0.2, 0) is 9.59 Å². The summed E-state index contributed by atoms with van der Waals surface area (Å²) in [6, 6.07) is 3.32. The molecule has 2 fully saturated rings. The standard InChI is InChI=1S/C22H28N8O6/c1-2-36-12-5-3-4-11(8-12)18(33)26-14-10-30-20(24)25-13(9-29-15(31)6-7-16(29)32)17-21(30,22(14,34)35)28-19(23)27-17/h3-5,8,13-14,17,34-35H,2,6-7,9-10H2,1H3,(H2,24,25)(H,26,33)(H3,23,27,28)/t13?,14?,17-,21-/m0/s1. The lowest BCUT2D eigenvalue weighted by Gasteiger charge is -2.49. The number of hydrogen-bond acceptors (Lipinski definition) is 12. The van der Waals surface area contributed by atoms with Gasteiger partial charge in [0.15, 0.2) is 17.6 Å². The number of rotatable bonds is 6. The van der Waals surface area contributed by atoms with Crippen LogP contribution >= 0.6 is 0 Å². The van der Waals surface area contributed by atoms with E-state index in [1.807, 2.05) is 6.92 Å². The highest BCUT2D eigenvalue weighted by molar-refractivity contribution is 6.02. The fourth-order valence-electron chi connectivity index (χ4n) is 5.38. The molecule has 4 aliphatic heterocycles. The minimum Gasteiger partial charge on any atom is -0.494 e. The van der Waals surface area contributed by atoms with E-state index in [2.05, 4.69) is 20.6 Å². The number of likely N-dealkylation sites (tertiary alicyclic amines) is 1. The lowest BCUT2D eigenvalue weighted by atomic mass is 9.84. The van der Waals surface area contributed by atoms with Crippen LogP contribution in [0.3, 0.4) is 0 Å². The predicted molar refractivity (Wildman–Crippen MR) is 125 cm³/mol. The number of nitrogens with zero attached hydrogens (tertiary/aromatic N) is 4. The largest absolute Gasteiger partial charge is 0.494 e. The number of nitrogens with one attached hydrogen (secondary N) is 2. The van der Waals surface area contributed by atoms with E-state index in [9.17, 15) is 24.6 Å². The van der Waals surface area contributed by atoms with Crippen LogP contribution in [0.2, 0.25) is 0 Å². The number of hydrogen-bond donors (Lipinski definition) is 6. The molecule has 192 valence electrons. The number of carbonyl (C=O) groups excluding carboxylic acids is 3. The van der Waals surface area contributed by atoms with Crippen molar-refractivity contribution in [3.05, 3.63) is 29.8 Å². The molecule has 4 aliphatic rings. The molecule has 3 amide bonds. The van der Waals surface area contributed by atoms with Gasteiger partial charge in [0.05, 0.1) is 19.2 Å². The highest BCUT2D eigenvalue weighted by Crippen LogP contribution is 2.45. The minimum absolute atomic E-state index is 0.0738. The van der Waals surface area contributed by atoms with Crippen molar-refractivity contribution in [2.45, 2.75) is 49.3 Å². The topological polar surface area (TPSA) is 208 Å². The van der Waals surface area contributed by atoms with Crippen molar-refractivity contribution in [2.75, 3.05) is 19.7 Å². The van der Waals surface area contributed by atoms with E-state index in [1.165, 1.54) is 4.90 Å². The van der Waals surface area contributed by atoms with Crippen LogP contribution < -0.4 is 26.8 Å². The molecule has 14 heteroatoms. The smallest absolute Gasteiger partial charge is 0.251 e. The number of benzene rings is 1. The van der Waals surface area contributed by atoms with Crippen LogP contribution in [0.1, 0.15) is 30.1 Å². The Morgan fingerprint density at radius 3 is 2.67 bits per heavy atom. The summed E-state index contributed by atoms with van der Waals surface area (Å²) in [7, 11) is 0. The maximum absolute atomic E-state index is 13.0. The van der Waals surface area contributed by atoms with Gasteiger partial charge in [-0.3, -0.25) is 19.3 Å². The molecular formula is C22H28N8O6. The molecule has 4 heterocycles. The highest BCUT2D eigenvalue weighted by atomic mass is 16.5. The van der Waals surface area contributed by atoms with Crippen molar-refractivity contribution in [1.82, 2.24) is 20.4 Å². The van der Waals surface area contributed by atoms with E-state index in [-0.39, 0.29) is 55.2 Å². The summed E-state index contributed by atoms with van der Waals surface area (Å²) < 4.78 is 5.44. The Morgan fingerprint density at radius 2 is 1.97 bits per heavy atom. The summed E-state index contributed by atoms with van der Waals surface area (Å²) in [5, 5.41) is 28.5. The average Bonchev–Trinajstić information content (AvgIpc) is 3.42. The second-order valence-electron chi connectivity index (χ2n) is 9.13. The van der Waals surface area contributed by atoms with Gasteiger partial charge in [-0.05, 0) is 25.1 Å². The zero-order valence-electron chi connectivity index (χ0n) is 19.5. The molecule has 0 aromatic heterocycles. The molecular weight excluding hydrogens is 472 g/mol. The Kier molecular flexibility index (Phi) is 5.52. The normalized spacial score (nSPS) is 30.4. The number of nitrogens with two attached hydrogens (primary N) is 2. The molecule has 1 aromatic carbocycles. The summed E-state index contributed by atoms with van der Waals surface area (Å²) in [4.78, 5) is 48.7. The third-order valence-electron chi connectivity index (χ3n) is 7.04. The molecule has 8 N–H and O–H groups in total. The minimum atomic E-state index is -2.63. The number of carbonyl (C=O) groups is 3. The Bertz CT molecular complexity index is 1170. The molecule has 5 rings (SSSR count). The molecule has 36 heavy (non-hydrogen) atoms. The van der Waals surface area contributed by atoms with Gasteiger partial charge in [0.25, 0.3) is 5.91 Å². The van der Waals surface area contributed by atoms with Crippen LogP contribution in [0.5, 0.6) is 5.75 Å². The van der Waals surface area contributed by atoms with Gasteiger partial charge >= 0.3 is 0 Å². The molecule has 1 spiro atoms. The molecule has 0 saturated carbocycles. The fourth-order valence-corrected chi connectivity index (χ4v) is 5.38. The Balaban J connectivity index is 1.44. The van der Waals surface area contributed by atoms with Gasteiger partial charge in [-0.1, -0.05) is 6.07 Å². The summed E-state index contributed by atoms with van der Waals surface area (Å²) in [6.45, 7) is 1.97. The first-order valence-corrected chi connectivity index (χ1v) is 11.6. The van der Waals surface area contributed by atoms with E-state index in [4.69, 9.17) is 16.2 Å². The lowest BCUT2D eigenvalue weighted by molar-refractivity contribution is -0.230. The first-order chi connectivity index (χ1) is 17.1. The molecule has 0 aliphatic carbocycles. The van der Waals surface area contributed by atoms with E-state index in [0.717, 1.165) is 4.90 Å². The summed E-state index contributed by atoms with van der Waals surface area (Å²) in [5.41, 5.74) is 10.7. The molecule has 0 radical (unpaired) electrons. The maximum atomic E-state index is 13.0. The van der Waals surface area contributed by atoms with Gasteiger partial charge in [0.2, 0.25) is 17.6 Å². The number of amides is 3. The molecule has 0 bridgehead atoms. The van der Waals surface area contributed by atoms with Gasteiger partial charge in [-0.2, -0.15) is 0 Å². The van der Waals surface area contributed by atoms with E-state index in [0.29, 0.717) is 12.4 Å². The van der Waals surface area contributed by atoms with Crippen molar-refractivity contribution in [2.24, 2.45) is 21.5 Å². The van der Waals surface area contributed by atoms with Crippen molar-refractivity contribution >= 4 is 29.6 Å². The average molecular weight is 501 g/mol. The summed E-state index contributed by atoms with van der Waals surface area (Å²) in [6.07, 6.45) is 0.192. The van der Waals surface area contributed by atoms with Crippen LogP contribution in [0, 0.1) is 0 Å². The quantitative estimate of drug-likeness (QED) is 0.172. The van der Waals surface area contributed by atoms with Crippen molar-refractivity contribution in [1.29, 1.82) is 0 Å². The van der Waals surface area contributed by atoms with E-state index in [1.54, 1.807) is 24.3 Å². The number of aliphatic hydroxyl groups is 2. The van der Waals surface area contributed by atoms with Crippen LogP contribution in [0.4, 0.5) is 0 Å².